The summed E-state index contributed by atoms with van der Waals surface area (Å²) in [6.07, 6.45) is -1.53. The average Bonchev–Trinajstić information content (AvgIpc) is 2.44. The number of aromatic nitrogens is 3. The molecular formula is C12H22F2N6. The van der Waals surface area contributed by atoms with Gasteiger partial charge in [-0.05, 0) is 20.3 Å². The monoisotopic (exact) mass is 288 g/mol. The lowest BCUT2D eigenvalue weighted by atomic mass is 10.5. The van der Waals surface area contributed by atoms with Crippen molar-refractivity contribution in [3.8, 4) is 0 Å². The van der Waals surface area contributed by atoms with E-state index in [1.165, 1.54) is 0 Å². The van der Waals surface area contributed by atoms with Gasteiger partial charge in [-0.25, -0.2) is 8.78 Å². The van der Waals surface area contributed by atoms with Crippen LogP contribution in [0.1, 0.15) is 27.2 Å². The molecule has 8 heteroatoms. The number of halogens is 2. The van der Waals surface area contributed by atoms with E-state index in [0.29, 0.717) is 11.9 Å². The van der Waals surface area contributed by atoms with Gasteiger partial charge in [0.15, 0.2) is 0 Å². The second kappa shape index (κ2) is 8.44. The Kier molecular flexibility index (Phi) is 6.89. The minimum absolute atomic E-state index is 0.167. The first-order chi connectivity index (χ1) is 9.60. The van der Waals surface area contributed by atoms with Gasteiger partial charge in [0.25, 0.3) is 6.43 Å². The van der Waals surface area contributed by atoms with Crippen molar-refractivity contribution in [3.63, 3.8) is 0 Å². The number of rotatable bonds is 9. The van der Waals surface area contributed by atoms with Gasteiger partial charge in [-0.2, -0.15) is 15.0 Å². The summed E-state index contributed by atoms with van der Waals surface area (Å²) in [4.78, 5) is 14.5. The molecule has 0 aromatic carbocycles. The molecule has 0 saturated carbocycles. The predicted octanol–water partition coefficient (Wildman–Crippen LogP) is 2.22. The molecule has 0 spiro atoms. The number of nitrogens with one attached hydrogen (secondary N) is 2. The molecule has 0 aliphatic rings. The molecule has 0 saturated heterocycles. The molecule has 0 aliphatic carbocycles. The molecule has 0 amide bonds. The standard InChI is InChI=1S/C12H22F2N6/c1-4-7-15-10-17-11(16-8-9(13)14)19-12(18-10)20(5-2)6-3/h9H,4-8H2,1-3H3,(H2,15,16,17,18,19). The molecule has 0 unspecified atom stereocenters. The molecule has 0 fully saturated rings. The Morgan fingerprint density at radius 3 is 2.10 bits per heavy atom. The third-order valence-corrected chi connectivity index (χ3v) is 2.62. The zero-order valence-corrected chi connectivity index (χ0v) is 12.2. The summed E-state index contributed by atoms with van der Waals surface area (Å²) in [6.45, 7) is 7.71. The molecule has 20 heavy (non-hydrogen) atoms. The Labute approximate surface area is 118 Å². The third-order valence-electron chi connectivity index (χ3n) is 2.62. The highest BCUT2D eigenvalue weighted by atomic mass is 19.3. The summed E-state index contributed by atoms with van der Waals surface area (Å²) in [6, 6.07) is 0. The van der Waals surface area contributed by atoms with Gasteiger partial charge in [-0.1, -0.05) is 6.92 Å². The van der Waals surface area contributed by atoms with E-state index in [9.17, 15) is 8.78 Å². The zero-order chi connectivity index (χ0) is 15.0. The molecular weight excluding hydrogens is 266 g/mol. The smallest absolute Gasteiger partial charge is 0.255 e. The summed E-state index contributed by atoms with van der Waals surface area (Å²) in [7, 11) is 0. The maximum Gasteiger partial charge on any atom is 0.255 e. The largest absolute Gasteiger partial charge is 0.354 e. The zero-order valence-electron chi connectivity index (χ0n) is 12.2. The molecule has 1 aromatic rings. The van der Waals surface area contributed by atoms with Crippen LogP contribution in [-0.4, -0.2) is 47.6 Å². The van der Waals surface area contributed by atoms with Gasteiger partial charge in [-0.3, -0.25) is 0 Å². The highest BCUT2D eigenvalue weighted by Gasteiger charge is 2.12. The lowest BCUT2D eigenvalue weighted by Gasteiger charge is -2.19. The van der Waals surface area contributed by atoms with E-state index in [2.05, 4.69) is 25.6 Å². The molecule has 1 heterocycles. The average molecular weight is 288 g/mol. The van der Waals surface area contributed by atoms with Crippen LogP contribution in [-0.2, 0) is 0 Å². The molecule has 0 radical (unpaired) electrons. The summed E-state index contributed by atoms with van der Waals surface area (Å²) >= 11 is 0. The Balaban J connectivity index is 2.93. The summed E-state index contributed by atoms with van der Waals surface area (Å²) < 4.78 is 24.5. The molecule has 0 aliphatic heterocycles. The van der Waals surface area contributed by atoms with Gasteiger partial charge in [0.1, 0.15) is 0 Å². The van der Waals surface area contributed by atoms with Gasteiger partial charge in [0.2, 0.25) is 17.8 Å². The number of anilines is 3. The Hall–Kier alpha value is -1.73. The Bertz CT molecular complexity index is 398. The van der Waals surface area contributed by atoms with E-state index in [4.69, 9.17) is 0 Å². The van der Waals surface area contributed by atoms with E-state index >= 15 is 0 Å². The molecule has 0 bridgehead atoms. The molecule has 0 atom stereocenters. The topological polar surface area (TPSA) is 66.0 Å². The van der Waals surface area contributed by atoms with Gasteiger partial charge >= 0.3 is 0 Å². The fraction of sp³-hybridized carbons (Fsp3) is 0.750. The molecule has 1 aromatic heterocycles. The first-order valence-electron chi connectivity index (χ1n) is 6.87. The number of hydrogen-bond donors (Lipinski definition) is 2. The maximum absolute atomic E-state index is 12.3. The van der Waals surface area contributed by atoms with Crippen molar-refractivity contribution in [2.45, 2.75) is 33.6 Å². The summed E-state index contributed by atoms with van der Waals surface area (Å²) in [5.41, 5.74) is 0. The highest BCUT2D eigenvalue weighted by Crippen LogP contribution is 2.13. The lowest BCUT2D eigenvalue weighted by molar-refractivity contribution is 0.163. The molecule has 2 N–H and O–H groups in total. The van der Waals surface area contributed by atoms with Gasteiger partial charge in [0.05, 0.1) is 6.54 Å². The van der Waals surface area contributed by atoms with E-state index in [1.807, 2.05) is 25.7 Å². The molecule has 1 rings (SSSR count). The minimum atomic E-state index is -2.45. The first-order valence-corrected chi connectivity index (χ1v) is 6.87. The lowest BCUT2D eigenvalue weighted by Crippen LogP contribution is -2.26. The van der Waals surface area contributed by atoms with E-state index in [0.717, 1.165) is 26.1 Å². The second-order valence-electron chi connectivity index (χ2n) is 4.15. The highest BCUT2D eigenvalue weighted by molar-refractivity contribution is 5.43. The molecule has 6 nitrogen and oxygen atoms in total. The summed E-state index contributed by atoms with van der Waals surface area (Å²) in [5, 5.41) is 5.57. The van der Waals surface area contributed by atoms with Crippen molar-refractivity contribution < 1.29 is 8.78 Å². The Morgan fingerprint density at radius 2 is 1.60 bits per heavy atom. The number of hydrogen-bond acceptors (Lipinski definition) is 6. The van der Waals surface area contributed by atoms with Crippen molar-refractivity contribution in [1.29, 1.82) is 0 Å². The van der Waals surface area contributed by atoms with Crippen molar-refractivity contribution in [1.82, 2.24) is 15.0 Å². The first kappa shape index (κ1) is 16.3. The van der Waals surface area contributed by atoms with Crippen LogP contribution in [0.2, 0.25) is 0 Å². The van der Waals surface area contributed by atoms with Gasteiger partial charge < -0.3 is 15.5 Å². The van der Waals surface area contributed by atoms with E-state index < -0.39 is 13.0 Å². The van der Waals surface area contributed by atoms with Crippen LogP contribution in [0.15, 0.2) is 0 Å². The van der Waals surface area contributed by atoms with Crippen molar-refractivity contribution in [2.75, 3.05) is 41.7 Å². The van der Waals surface area contributed by atoms with Crippen LogP contribution in [0, 0.1) is 0 Å². The third kappa shape index (κ3) is 5.10. The normalized spacial score (nSPS) is 10.7. The van der Waals surface area contributed by atoms with Crippen molar-refractivity contribution in [2.24, 2.45) is 0 Å². The fourth-order valence-corrected chi connectivity index (χ4v) is 1.58. The maximum atomic E-state index is 12.3. The number of alkyl halides is 2. The minimum Gasteiger partial charge on any atom is -0.354 e. The number of nitrogens with zero attached hydrogens (tertiary/aromatic N) is 4. The summed E-state index contributed by atoms with van der Waals surface area (Å²) in [5.74, 6) is 1.06. The van der Waals surface area contributed by atoms with E-state index in [-0.39, 0.29) is 5.95 Å². The van der Waals surface area contributed by atoms with E-state index in [1.54, 1.807) is 0 Å². The van der Waals surface area contributed by atoms with Crippen molar-refractivity contribution >= 4 is 17.8 Å². The van der Waals surface area contributed by atoms with Gasteiger partial charge in [-0.15, -0.1) is 0 Å². The Morgan fingerprint density at radius 1 is 1.00 bits per heavy atom. The van der Waals surface area contributed by atoms with Gasteiger partial charge in [0, 0.05) is 19.6 Å². The van der Waals surface area contributed by atoms with Crippen LogP contribution in [0.25, 0.3) is 0 Å². The fourth-order valence-electron chi connectivity index (χ4n) is 1.58. The molecule has 114 valence electrons. The van der Waals surface area contributed by atoms with Crippen LogP contribution in [0.3, 0.4) is 0 Å². The second-order valence-corrected chi connectivity index (χ2v) is 4.15. The van der Waals surface area contributed by atoms with Crippen LogP contribution in [0.4, 0.5) is 26.6 Å². The van der Waals surface area contributed by atoms with Crippen LogP contribution >= 0.6 is 0 Å². The van der Waals surface area contributed by atoms with Crippen LogP contribution < -0.4 is 15.5 Å². The van der Waals surface area contributed by atoms with Crippen LogP contribution in [0.5, 0.6) is 0 Å². The van der Waals surface area contributed by atoms with Crippen molar-refractivity contribution in [3.05, 3.63) is 0 Å². The SMILES string of the molecule is CCCNc1nc(NCC(F)F)nc(N(CC)CC)n1. The predicted molar refractivity (Wildman–Crippen MR) is 76.7 cm³/mol. The quantitative estimate of drug-likeness (QED) is 0.726.